The van der Waals surface area contributed by atoms with Gasteiger partial charge in [0.2, 0.25) is 0 Å². The Kier molecular flexibility index (Phi) is 3.95. The van der Waals surface area contributed by atoms with Gasteiger partial charge in [0.25, 0.3) is 0 Å². The molecule has 0 spiro atoms. The third kappa shape index (κ3) is 3.21. The van der Waals surface area contributed by atoms with E-state index in [2.05, 4.69) is 27.7 Å². The van der Waals surface area contributed by atoms with Crippen molar-refractivity contribution in [3.8, 4) is 0 Å². The van der Waals surface area contributed by atoms with Crippen molar-refractivity contribution in [2.45, 2.75) is 34.1 Å². The van der Waals surface area contributed by atoms with Gasteiger partial charge in [-0.2, -0.15) is 0 Å². The summed E-state index contributed by atoms with van der Waals surface area (Å²) in [6, 6.07) is 0. The second-order valence-corrected chi connectivity index (χ2v) is 3.93. The molecule has 1 heteroatoms. The van der Waals surface area contributed by atoms with Crippen LogP contribution in [-0.2, 0) is 4.74 Å². The molecule has 0 N–H and O–H groups in total. The molecule has 0 heterocycles. The summed E-state index contributed by atoms with van der Waals surface area (Å²) in [5.74, 6) is 0.692. The molecule has 0 aromatic rings. The Bertz CT molecular complexity index is 81.2. The zero-order valence-electron chi connectivity index (χ0n) is 7.90. The standard InChI is InChI=1S/C9H20O/c1-6-8(7-10-5)9(2,3)4/h8H,6-7H2,1-5H3. The molecule has 0 aromatic carbocycles. The SMILES string of the molecule is CCC(COC)C(C)(C)C. The first-order valence-corrected chi connectivity index (χ1v) is 4.01. The summed E-state index contributed by atoms with van der Waals surface area (Å²) in [5.41, 5.74) is 0.394. The Morgan fingerprint density at radius 1 is 1.30 bits per heavy atom. The molecule has 0 rings (SSSR count). The first-order valence-electron chi connectivity index (χ1n) is 4.01. The van der Waals surface area contributed by atoms with E-state index in [1.165, 1.54) is 6.42 Å². The van der Waals surface area contributed by atoms with Crippen LogP contribution >= 0.6 is 0 Å². The average molecular weight is 144 g/mol. The van der Waals surface area contributed by atoms with E-state index in [-0.39, 0.29) is 0 Å². The lowest BCUT2D eigenvalue weighted by Crippen LogP contribution is -2.23. The monoisotopic (exact) mass is 144 g/mol. The quantitative estimate of drug-likeness (QED) is 0.591. The van der Waals surface area contributed by atoms with Gasteiger partial charge in [0.1, 0.15) is 0 Å². The number of ether oxygens (including phenoxy) is 1. The Morgan fingerprint density at radius 2 is 1.80 bits per heavy atom. The van der Waals surface area contributed by atoms with E-state index >= 15 is 0 Å². The molecule has 1 atom stereocenters. The predicted molar refractivity (Wildman–Crippen MR) is 45.1 cm³/mol. The van der Waals surface area contributed by atoms with Crippen molar-refractivity contribution >= 4 is 0 Å². The van der Waals surface area contributed by atoms with Crippen LogP contribution in [0.15, 0.2) is 0 Å². The van der Waals surface area contributed by atoms with E-state index in [0.29, 0.717) is 11.3 Å². The Hall–Kier alpha value is -0.0400. The molecule has 0 fully saturated rings. The van der Waals surface area contributed by atoms with Gasteiger partial charge in [-0.3, -0.25) is 0 Å². The fraction of sp³-hybridized carbons (Fsp3) is 1.00. The molecule has 0 aliphatic rings. The van der Waals surface area contributed by atoms with E-state index in [4.69, 9.17) is 4.74 Å². The van der Waals surface area contributed by atoms with Crippen molar-refractivity contribution in [1.29, 1.82) is 0 Å². The molecule has 0 radical (unpaired) electrons. The van der Waals surface area contributed by atoms with Gasteiger partial charge < -0.3 is 4.74 Å². The van der Waals surface area contributed by atoms with Crippen molar-refractivity contribution in [2.24, 2.45) is 11.3 Å². The number of hydrogen-bond donors (Lipinski definition) is 0. The van der Waals surface area contributed by atoms with Crippen LogP contribution < -0.4 is 0 Å². The van der Waals surface area contributed by atoms with Crippen LogP contribution in [0, 0.1) is 11.3 Å². The van der Waals surface area contributed by atoms with E-state index in [1.807, 2.05) is 0 Å². The van der Waals surface area contributed by atoms with Crippen molar-refractivity contribution in [2.75, 3.05) is 13.7 Å². The number of methoxy groups -OCH3 is 1. The molecule has 0 aromatic heterocycles. The minimum Gasteiger partial charge on any atom is -0.384 e. The molecule has 10 heavy (non-hydrogen) atoms. The second-order valence-electron chi connectivity index (χ2n) is 3.93. The summed E-state index contributed by atoms with van der Waals surface area (Å²) in [5, 5.41) is 0. The average Bonchev–Trinajstić information content (AvgIpc) is 1.80. The summed E-state index contributed by atoms with van der Waals surface area (Å²) in [7, 11) is 1.77. The second kappa shape index (κ2) is 3.97. The normalized spacial score (nSPS) is 15.3. The lowest BCUT2D eigenvalue weighted by atomic mass is 9.80. The van der Waals surface area contributed by atoms with Gasteiger partial charge in [-0.1, -0.05) is 34.1 Å². The van der Waals surface area contributed by atoms with Crippen LogP contribution in [0.2, 0.25) is 0 Å². The fourth-order valence-corrected chi connectivity index (χ4v) is 1.18. The van der Waals surface area contributed by atoms with E-state index < -0.39 is 0 Å². The molecule has 0 amide bonds. The summed E-state index contributed by atoms with van der Waals surface area (Å²) in [4.78, 5) is 0. The van der Waals surface area contributed by atoms with Gasteiger partial charge in [-0.15, -0.1) is 0 Å². The van der Waals surface area contributed by atoms with Gasteiger partial charge in [0.05, 0.1) is 0 Å². The zero-order valence-corrected chi connectivity index (χ0v) is 7.90. The summed E-state index contributed by atoms with van der Waals surface area (Å²) in [6.45, 7) is 9.90. The van der Waals surface area contributed by atoms with Crippen LogP contribution in [0.4, 0.5) is 0 Å². The van der Waals surface area contributed by atoms with Gasteiger partial charge in [-0.25, -0.2) is 0 Å². The molecule has 0 saturated heterocycles. The Labute approximate surface area is 64.8 Å². The van der Waals surface area contributed by atoms with Crippen LogP contribution in [0.5, 0.6) is 0 Å². The van der Waals surface area contributed by atoms with E-state index in [1.54, 1.807) is 7.11 Å². The Balaban J connectivity index is 3.81. The molecular formula is C9H20O. The fourth-order valence-electron chi connectivity index (χ4n) is 1.18. The molecule has 1 unspecified atom stereocenters. The lowest BCUT2D eigenvalue weighted by Gasteiger charge is -2.28. The van der Waals surface area contributed by atoms with Gasteiger partial charge in [-0.05, 0) is 11.3 Å². The summed E-state index contributed by atoms with van der Waals surface area (Å²) in [6.07, 6.45) is 1.21. The Morgan fingerprint density at radius 3 is 1.90 bits per heavy atom. The molecule has 62 valence electrons. The molecule has 1 nitrogen and oxygen atoms in total. The van der Waals surface area contributed by atoms with Crippen LogP contribution in [0.1, 0.15) is 34.1 Å². The number of hydrogen-bond acceptors (Lipinski definition) is 1. The van der Waals surface area contributed by atoms with Crippen LogP contribution in [0.3, 0.4) is 0 Å². The van der Waals surface area contributed by atoms with Crippen molar-refractivity contribution in [1.82, 2.24) is 0 Å². The smallest absolute Gasteiger partial charge is 0.0495 e. The molecule has 0 saturated carbocycles. The predicted octanol–water partition coefficient (Wildman–Crippen LogP) is 2.71. The van der Waals surface area contributed by atoms with Crippen molar-refractivity contribution in [3.05, 3.63) is 0 Å². The highest BCUT2D eigenvalue weighted by atomic mass is 16.5. The van der Waals surface area contributed by atoms with E-state index in [9.17, 15) is 0 Å². The topological polar surface area (TPSA) is 9.23 Å². The highest BCUT2D eigenvalue weighted by molar-refractivity contribution is 4.71. The van der Waals surface area contributed by atoms with Gasteiger partial charge in [0, 0.05) is 13.7 Å². The molecule has 0 bridgehead atoms. The van der Waals surface area contributed by atoms with Crippen LogP contribution in [0.25, 0.3) is 0 Å². The third-order valence-electron chi connectivity index (χ3n) is 2.09. The van der Waals surface area contributed by atoms with Crippen molar-refractivity contribution in [3.63, 3.8) is 0 Å². The highest BCUT2D eigenvalue weighted by Crippen LogP contribution is 2.28. The van der Waals surface area contributed by atoms with Crippen LogP contribution in [-0.4, -0.2) is 13.7 Å². The molecule has 0 aliphatic heterocycles. The minimum atomic E-state index is 0.394. The first-order chi connectivity index (χ1) is 4.52. The highest BCUT2D eigenvalue weighted by Gasteiger charge is 2.21. The van der Waals surface area contributed by atoms with Crippen molar-refractivity contribution < 1.29 is 4.74 Å². The number of rotatable bonds is 3. The van der Waals surface area contributed by atoms with E-state index in [0.717, 1.165) is 6.61 Å². The largest absolute Gasteiger partial charge is 0.384 e. The maximum absolute atomic E-state index is 5.12. The minimum absolute atomic E-state index is 0.394. The van der Waals surface area contributed by atoms with Gasteiger partial charge in [0.15, 0.2) is 0 Å². The maximum Gasteiger partial charge on any atom is 0.0495 e. The summed E-state index contributed by atoms with van der Waals surface area (Å²) >= 11 is 0. The lowest BCUT2D eigenvalue weighted by molar-refractivity contribution is 0.0877. The first kappa shape index (κ1) is 9.96. The summed E-state index contributed by atoms with van der Waals surface area (Å²) < 4.78 is 5.12. The molecule has 0 aliphatic carbocycles. The van der Waals surface area contributed by atoms with Gasteiger partial charge >= 0.3 is 0 Å². The third-order valence-corrected chi connectivity index (χ3v) is 2.09. The maximum atomic E-state index is 5.12. The molecular weight excluding hydrogens is 124 g/mol. The zero-order chi connectivity index (χ0) is 8.20.